The van der Waals surface area contributed by atoms with E-state index in [0.717, 1.165) is 28.8 Å². The van der Waals surface area contributed by atoms with Crippen LogP contribution in [0.15, 0.2) is 29.2 Å². The van der Waals surface area contributed by atoms with Crippen LogP contribution < -0.4 is 10.0 Å². The number of benzene rings is 1. The Hall–Kier alpha value is -1.65. The van der Waals surface area contributed by atoms with Crippen molar-refractivity contribution in [3.63, 3.8) is 0 Å². The van der Waals surface area contributed by atoms with Crippen LogP contribution in [0.5, 0.6) is 0 Å². The van der Waals surface area contributed by atoms with E-state index in [1.807, 2.05) is 13.8 Å². The molecule has 2 aromatic rings. The van der Waals surface area contributed by atoms with Gasteiger partial charge in [-0.05, 0) is 24.1 Å². The molecule has 0 unspecified atom stereocenters. The van der Waals surface area contributed by atoms with Crippen LogP contribution in [0.3, 0.4) is 0 Å². The second kappa shape index (κ2) is 6.26. The fraction of sp³-hybridized carbons (Fsp3) is 0.400. The van der Waals surface area contributed by atoms with Crippen LogP contribution in [-0.4, -0.2) is 13.4 Å². The number of alkyl halides is 3. The monoisotopic (exact) mass is 391 g/mol. The highest BCUT2D eigenvalue weighted by Gasteiger charge is 2.33. The Labute approximate surface area is 147 Å². The number of anilines is 1. The van der Waals surface area contributed by atoms with E-state index >= 15 is 0 Å². The molecule has 0 bridgehead atoms. The summed E-state index contributed by atoms with van der Waals surface area (Å²) in [6, 6.07) is 3.67. The van der Waals surface area contributed by atoms with E-state index in [-0.39, 0.29) is 17.1 Å². The number of nitrogens with one attached hydrogen (secondary N) is 2. The van der Waals surface area contributed by atoms with Crippen LogP contribution in [0, 0.1) is 5.92 Å². The van der Waals surface area contributed by atoms with Crippen LogP contribution >= 0.6 is 11.3 Å². The molecule has 5 nitrogen and oxygen atoms in total. The second-order valence-corrected chi connectivity index (χ2v) is 8.83. The van der Waals surface area contributed by atoms with E-state index in [2.05, 4.69) is 15.0 Å². The van der Waals surface area contributed by atoms with Crippen LogP contribution in [0.4, 0.5) is 18.3 Å². The summed E-state index contributed by atoms with van der Waals surface area (Å²) in [4.78, 5) is 4.80. The molecule has 0 radical (unpaired) electrons. The molecule has 1 aliphatic heterocycles. The van der Waals surface area contributed by atoms with E-state index in [1.165, 1.54) is 11.3 Å². The third-order valence-electron chi connectivity index (χ3n) is 3.86. The standard InChI is InChI=1S/C15H16F3N3O2S2/c1-8(2)12-13-11(7-19-12)24-14(20-13)21-25(22,23)10-5-3-4-9(6-10)15(16,17)18/h3-6,8,12,19H,7H2,1-2H3,(H,20,21)/t12-/m0/s1. The molecule has 0 saturated heterocycles. The number of fused-ring (bicyclic) bond motifs is 1. The molecule has 3 rings (SSSR count). The third-order valence-corrected chi connectivity index (χ3v) is 6.32. The number of thiazole rings is 1. The van der Waals surface area contributed by atoms with Gasteiger partial charge in [-0.3, -0.25) is 4.72 Å². The molecule has 0 aliphatic carbocycles. The summed E-state index contributed by atoms with van der Waals surface area (Å²) >= 11 is 1.19. The van der Waals surface area contributed by atoms with Crippen LogP contribution in [0.25, 0.3) is 0 Å². The molecule has 2 N–H and O–H groups in total. The van der Waals surface area contributed by atoms with Gasteiger partial charge in [0.15, 0.2) is 5.13 Å². The molecule has 10 heteroatoms. The van der Waals surface area contributed by atoms with E-state index in [0.29, 0.717) is 12.6 Å². The SMILES string of the molecule is CC(C)[C@@H]1NCc2sc(NS(=O)(=O)c3cccc(C(F)(F)F)c3)nc21. The fourth-order valence-corrected chi connectivity index (χ4v) is 4.88. The van der Waals surface area contributed by atoms with Crippen molar-refractivity contribution in [2.24, 2.45) is 5.92 Å². The van der Waals surface area contributed by atoms with Gasteiger partial charge in [-0.1, -0.05) is 31.3 Å². The first-order valence-electron chi connectivity index (χ1n) is 7.51. The Kier molecular flexibility index (Phi) is 4.54. The highest BCUT2D eigenvalue weighted by atomic mass is 32.2. The Balaban J connectivity index is 1.87. The summed E-state index contributed by atoms with van der Waals surface area (Å²) < 4.78 is 65.4. The number of nitrogens with zero attached hydrogens (tertiary/aromatic N) is 1. The normalized spacial score (nSPS) is 17.8. The molecule has 0 amide bonds. The van der Waals surface area contributed by atoms with Gasteiger partial charge in [0.2, 0.25) is 0 Å². The van der Waals surface area contributed by atoms with Crippen molar-refractivity contribution in [2.75, 3.05) is 4.72 Å². The zero-order valence-electron chi connectivity index (χ0n) is 13.4. The minimum atomic E-state index is -4.61. The second-order valence-electron chi connectivity index (χ2n) is 6.06. The van der Waals surface area contributed by atoms with E-state index < -0.39 is 26.7 Å². The van der Waals surface area contributed by atoms with E-state index in [4.69, 9.17) is 0 Å². The van der Waals surface area contributed by atoms with Gasteiger partial charge in [-0.25, -0.2) is 13.4 Å². The summed E-state index contributed by atoms with van der Waals surface area (Å²) in [6.45, 7) is 4.65. The quantitative estimate of drug-likeness (QED) is 0.833. The largest absolute Gasteiger partial charge is 0.416 e. The van der Waals surface area contributed by atoms with Crippen molar-refractivity contribution in [1.82, 2.24) is 10.3 Å². The van der Waals surface area contributed by atoms with Gasteiger partial charge in [-0.2, -0.15) is 13.2 Å². The van der Waals surface area contributed by atoms with Gasteiger partial charge in [0.05, 0.1) is 22.2 Å². The third kappa shape index (κ3) is 3.65. The molecule has 1 atom stereocenters. The maximum Gasteiger partial charge on any atom is 0.416 e. The summed E-state index contributed by atoms with van der Waals surface area (Å²) in [6.07, 6.45) is -4.61. The molecule has 0 fully saturated rings. The maximum absolute atomic E-state index is 12.8. The highest BCUT2D eigenvalue weighted by molar-refractivity contribution is 7.93. The van der Waals surface area contributed by atoms with Crippen LogP contribution in [0.1, 0.15) is 36.0 Å². The fourth-order valence-electron chi connectivity index (χ4n) is 2.64. The lowest BCUT2D eigenvalue weighted by molar-refractivity contribution is -0.137. The van der Waals surface area contributed by atoms with Gasteiger partial charge in [0.25, 0.3) is 10.0 Å². The Bertz CT molecular complexity index is 892. The molecule has 2 heterocycles. The number of hydrogen-bond acceptors (Lipinski definition) is 5. The summed E-state index contributed by atoms with van der Waals surface area (Å²) in [5, 5.41) is 3.45. The molecular formula is C15H16F3N3O2S2. The molecular weight excluding hydrogens is 375 g/mol. The first-order valence-corrected chi connectivity index (χ1v) is 9.81. The smallest absolute Gasteiger partial charge is 0.303 e. The van der Waals surface area contributed by atoms with E-state index in [1.54, 1.807) is 0 Å². The predicted octanol–water partition coefficient (Wildman–Crippen LogP) is 3.76. The lowest BCUT2D eigenvalue weighted by atomic mass is 10.0. The Morgan fingerprint density at radius 2 is 2.08 bits per heavy atom. The Morgan fingerprint density at radius 1 is 1.36 bits per heavy atom. The minimum absolute atomic E-state index is 0.0399. The first kappa shape index (κ1) is 18.2. The van der Waals surface area contributed by atoms with Gasteiger partial charge >= 0.3 is 6.18 Å². The molecule has 0 saturated carbocycles. The van der Waals surface area contributed by atoms with Gasteiger partial charge in [0, 0.05) is 11.4 Å². The summed E-state index contributed by atoms with van der Waals surface area (Å²) in [5.41, 5.74) is -0.220. The van der Waals surface area contributed by atoms with Crippen molar-refractivity contribution in [3.05, 3.63) is 40.4 Å². The highest BCUT2D eigenvalue weighted by Crippen LogP contribution is 2.37. The minimum Gasteiger partial charge on any atom is -0.303 e. The van der Waals surface area contributed by atoms with Crippen molar-refractivity contribution in [1.29, 1.82) is 0 Å². The van der Waals surface area contributed by atoms with Crippen LogP contribution in [-0.2, 0) is 22.7 Å². The number of halogens is 3. The molecule has 25 heavy (non-hydrogen) atoms. The van der Waals surface area contributed by atoms with Gasteiger partial charge < -0.3 is 5.32 Å². The predicted molar refractivity (Wildman–Crippen MR) is 88.8 cm³/mol. The molecule has 136 valence electrons. The van der Waals surface area contributed by atoms with E-state index in [9.17, 15) is 21.6 Å². The number of rotatable bonds is 4. The average molecular weight is 391 g/mol. The van der Waals surface area contributed by atoms with Crippen molar-refractivity contribution in [2.45, 2.75) is 37.5 Å². The zero-order valence-corrected chi connectivity index (χ0v) is 15.0. The van der Waals surface area contributed by atoms with Gasteiger partial charge in [0.1, 0.15) is 0 Å². The summed E-state index contributed by atoms with van der Waals surface area (Å²) in [7, 11) is -4.14. The molecule has 1 aliphatic rings. The van der Waals surface area contributed by atoms with Crippen molar-refractivity contribution < 1.29 is 21.6 Å². The van der Waals surface area contributed by atoms with Crippen LogP contribution in [0.2, 0.25) is 0 Å². The Morgan fingerprint density at radius 3 is 2.72 bits per heavy atom. The molecule has 0 spiro atoms. The number of hydrogen-bond donors (Lipinski definition) is 2. The lowest BCUT2D eigenvalue weighted by Gasteiger charge is -2.14. The first-order chi connectivity index (χ1) is 11.6. The van der Waals surface area contributed by atoms with Gasteiger partial charge in [-0.15, -0.1) is 0 Å². The van der Waals surface area contributed by atoms with Crippen molar-refractivity contribution >= 4 is 26.5 Å². The maximum atomic E-state index is 12.8. The number of sulfonamides is 1. The topological polar surface area (TPSA) is 71.1 Å². The lowest BCUT2D eigenvalue weighted by Crippen LogP contribution is -2.19. The zero-order chi connectivity index (χ0) is 18.4. The number of aromatic nitrogens is 1. The summed E-state index contributed by atoms with van der Waals surface area (Å²) in [5.74, 6) is 0.288. The van der Waals surface area contributed by atoms with Crippen molar-refractivity contribution in [3.8, 4) is 0 Å². The molecule has 1 aromatic carbocycles. The average Bonchev–Trinajstić information content (AvgIpc) is 3.05. The molecule has 1 aromatic heterocycles.